The minimum Gasteiger partial charge on any atom is -0.349 e. The number of rotatable bonds is 3. The molecular weight excluding hydrogens is 254 g/mol. The zero-order valence-corrected chi connectivity index (χ0v) is 11.1. The van der Waals surface area contributed by atoms with Gasteiger partial charge in [-0.2, -0.15) is 0 Å². The summed E-state index contributed by atoms with van der Waals surface area (Å²) in [7, 11) is 0. The minimum atomic E-state index is -0.262. The Morgan fingerprint density at radius 3 is 2.85 bits per heavy atom. The molecule has 0 unspecified atom stereocenters. The lowest BCUT2D eigenvalue weighted by Crippen LogP contribution is -2.46. The summed E-state index contributed by atoms with van der Waals surface area (Å²) in [5.41, 5.74) is 6.42. The largest absolute Gasteiger partial charge is 0.349 e. The highest BCUT2D eigenvalue weighted by molar-refractivity contribution is 6.06. The van der Waals surface area contributed by atoms with E-state index in [0.717, 1.165) is 18.2 Å². The molecule has 5 heteroatoms. The van der Waals surface area contributed by atoms with Gasteiger partial charge in [0.1, 0.15) is 0 Å². The molecule has 2 aromatic rings. The average Bonchev–Trinajstić information content (AvgIpc) is 2.41. The van der Waals surface area contributed by atoms with Crippen molar-refractivity contribution in [2.24, 2.45) is 11.7 Å². The highest BCUT2D eigenvalue weighted by Crippen LogP contribution is 2.26. The molecule has 1 saturated carbocycles. The summed E-state index contributed by atoms with van der Waals surface area (Å²) in [5, 5.41) is 3.73. The van der Waals surface area contributed by atoms with Crippen LogP contribution in [0.4, 0.5) is 0 Å². The predicted octanol–water partition coefficient (Wildman–Crippen LogP) is 0.995. The predicted molar refractivity (Wildman–Crippen MR) is 77.6 cm³/mol. The maximum atomic E-state index is 12.3. The summed E-state index contributed by atoms with van der Waals surface area (Å²) in [6.45, 7) is 0.667. The van der Waals surface area contributed by atoms with Crippen molar-refractivity contribution in [1.29, 1.82) is 0 Å². The molecule has 1 fully saturated rings. The quantitative estimate of drug-likeness (QED) is 0.778. The number of pyridine rings is 1. The molecule has 0 atom stereocenters. The average molecular weight is 271 g/mol. The van der Waals surface area contributed by atoms with Crippen molar-refractivity contribution < 1.29 is 4.79 Å². The van der Waals surface area contributed by atoms with Gasteiger partial charge in [0.05, 0.1) is 5.56 Å². The fourth-order valence-corrected chi connectivity index (χ4v) is 2.70. The van der Waals surface area contributed by atoms with E-state index in [1.807, 2.05) is 18.2 Å². The molecule has 0 bridgehead atoms. The van der Waals surface area contributed by atoms with Crippen LogP contribution in [0, 0.1) is 5.92 Å². The van der Waals surface area contributed by atoms with Gasteiger partial charge in [-0.1, -0.05) is 18.2 Å². The Kier molecular flexibility index (Phi) is 3.28. The van der Waals surface area contributed by atoms with Gasteiger partial charge >= 0.3 is 0 Å². The van der Waals surface area contributed by atoms with E-state index in [-0.39, 0.29) is 17.5 Å². The van der Waals surface area contributed by atoms with E-state index in [9.17, 15) is 9.59 Å². The topological polar surface area (TPSA) is 88.0 Å². The second-order valence-corrected chi connectivity index (χ2v) is 5.34. The Labute approximate surface area is 116 Å². The summed E-state index contributed by atoms with van der Waals surface area (Å²) >= 11 is 0. The van der Waals surface area contributed by atoms with Crippen molar-refractivity contribution in [3.8, 4) is 0 Å². The van der Waals surface area contributed by atoms with Crippen LogP contribution in [0.15, 0.2) is 35.1 Å². The molecule has 104 valence electrons. The van der Waals surface area contributed by atoms with Gasteiger partial charge in [-0.15, -0.1) is 0 Å². The molecule has 1 aliphatic rings. The second-order valence-electron chi connectivity index (χ2n) is 5.34. The highest BCUT2D eigenvalue weighted by atomic mass is 16.2. The molecule has 4 N–H and O–H groups in total. The van der Waals surface area contributed by atoms with Crippen molar-refractivity contribution >= 4 is 16.8 Å². The normalized spacial score (nSPS) is 21.4. The van der Waals surface area contributed by atoms with Crippen molar-refractivity contribution in [3.63, 3.8) is 0 Å². The Morgan fingerprint density at radius 1 is 1.35 bits per heavy atom. The number of benzene rings is 1. The van der Waals surface area contributed by atoms with Gasteiger partial charge in [-0.25, -0.2) is 0 Å². The molecule has 20 heavy (non-hydrogen) atoms. The Balaban J connectivity index is 1.86. The van der Waals surface area contributed by atoms with Crippen molar-refractivity contribution in [3.05, 3.63) is 46.2 Å². The molecule has 5 nitrogen and oxygen atoms in total. The number of carbonyl (C=O) groups excluding carboxylic acids is 1. The zero-order valence-electron chi connectivity index (χ0n) is 11.1. The van der Waals surface area contributed by atoms with Gasteiger partial charge in [-0.05, 0) is 31.4 Å². The third-order valence-electron chi connectivity index (χ3n) is 3.90. The fraction of sp³-hybridized carbons (Fsp3) is 0.333. The standard InChI is InChI=1S/C15H17N3O2/c16-8-9-5-10(6-9)17-15(20)12-7-14(19)18-13-4-2-1-3-11(12)13/h1-4,7,9-10H,5-6,8,16H2,(H,17,20)(H,18,19). The highest BCUT2D eigenvalue weighted by Gasteiger charge is 2.29. The summed E-state index contributed by atoms with van der Waals surface area (Å²) in [5.74, 6) is 0.323. The first-order valence-corrected chi connectivity index (χ1v) is 6.80. The summed E-state index contributed by atoms with van der Waals surface area (Å²) in [6, 6.07) is 8.85. The van der Waals surface area contributed by atoms with Gasteiger partial charge < -0.3 is 16.0 Å². The van der Waals surface area contributed by atoms with Crippen LogP contribution in [0.25, 0.3) is 10.9 Å². The summed E-state index contributed by atoms with van der Waals surface area (Å²) < 4.78 is 0. The van der Waals surface area contributed by atoms with Crippen LogP contribution in [-0.4, -0.2) is 23.5 Å². The number of carbonyl (C=O) groups is 1. The maximum absolute atomic E-state index is 12.3. The molecule has 1 heterocycles. The second kappa shape index (κ2) is 5.09. The van der Waals surface area contributed by atoms with Gasteiger partial charge in [0.25, 0.3) is 5.91 Å². The Bertz CT molecular complexity index is 702. The van der Waals surface area contributed by atoms with Gasteiger partial charge in [0.15, 0.2) is 0 Å². The van der Waals surface area contributed by atoms with Crippen molar-refractivity contribution in [1.82, 2.24) is 10.3 Å². The van der Waals surface area contributed by atoms with Crippen LogP contribution >= 0.6 is 0 Å². The van der Waals surface area contributed by atoms with Crippen molar-refractivity contribution in [2.75, 3.05) is 6.54 Å². The number of nitrogens with one attached hydrogen (secondary N) is 2. The molecule has 1 aromatic heterocycles. The lowest BCUT2D eigenvalue weighted by atomic mass is 9.80. The lowest BCUT2D eigenvalue weighted by Gasteiger charge is -2.35. The number of aromatic nitrogens is 1. The van der Waals surface area contributed by atoms with E-state index in [4.69, 9.17) is 5.73 Å². The monoisotopic (exact) mass is 271 g/mol. The Hall–Kier alpha value is -2.14. The number of aromatic amines is 1. The minimum absolute atomic E-state index is 0.175. The van der Waals surface area contributed by atoms with Crippen LogP contribution in [0.5, 0.6) is 0 Å². The number of amides is 1. The molecular formula is C15H17N3O2. The number of nitrogens with two attached hydrogens (primary N) is 1. The number of hydrogen-bond acceptors (Lipinski definition) is 3. The first-order chi connectivity index (χ1) is 9.67. The first-order valence-electron chi connectivity index (χ1n) is 6.80. The van der Waals surface area contributed by atoms with Gasteiger partial charge in [-0.3, -0.25) is 9.59 Å². The van der Waals surface area contributed by atoms with E-state index in [0.29, 0.717) is 23.5 Å². The molecule has 0 spiro atoms. The molecule has 0 aliphatic heterocycles. The van der Waals surface area contributed by atoms with Gasteiger partial charge in [0.2, 0.25) is 5.56 Å². The van der Waals surface area contributed by atoms with Crippen molar-refractivity contribution in [2.45, 2.75) is 18.9 Å². The first kappa shape index (κ1) is 12.9. The number of para-hydroxylation sites is 1. The van der Waals surface area contributed by atoms with Crippen LogP contribution in [0.1, 0.15) is 23.2 Å². The lowest BCUT2D eigenvalue weighted by molar-refractivity contribution is 0.0894. The number of fused-ring (bicyclic) bond motifs is 1. The molecule has 0 radical (unpaired) electrons. The zero-order chi connectivity index (χ0) is 14.1. The smallest absolute Gasteiger partial charge is 0.252 e. The van der Waals surface area contributed by atoms with Crippen LogP contribution in [0.2, 0.25) is 0 Å². The van der Waals surface area contributed by atoms with Gasteiger partial charge in [0, 0.05) is 23.0 Å². The molecule has 1 aliphatic carbocycles. The van der Waals surface area contributed by atoms with Crippen LogP contribution < -0.4 is 16.6 Å². The van der Waals surface area contributed by atoms with E-state index >= 15 is 0 Å². The van der Waals surface area contributed by atoms with E-state index in [1.165, 1.54) is 6.07 Å². The number of hydrogen-bond donors (Lipinski definition) is 3. The molecule has 0 saturated heterocycles. The molecule has 1 aromatic carbocycles. The van der Waals surface area contributed by atoms with E-state index in [1.54, 1.807) is 6.07 Å². The summed E-state index contributed by atoms with van der Waals surface area (Å²) in [4.78, 5) is 26.7. The fourth-order valence-electron chi connectivity index (χ4n) is 2.70. The summed E-state index contributed by atoms with van der Waals surface area (Å²) in [6.07, 6.45) is 1.84. The third-order valence-corrected chi connectivity index (χ3v) is 3.90. The molecule has 1 amide bonds. The number of H-pyrrole nitrogens is 1. The molecule has 3 rings (SSSR count). The van der Waals surface area contributed by atoms with E-state index < -0.39 is 0 Å². The Morgan fingerprint density at radius 2 is 2.10 bits per heavy atom. The van der Waals surface area contributed by atoms with Crippen LogP contribution in [-0.2, 0) is 0 Å². The van der Waals surface area contributed by atoms with Crippen LogP contribution in [0.3, 0.4) is 0 Å². The third kappa shape index (κ3) is 2.32. The maximum Gasteiger partial charge on any atom is 0.252 e. The van der Waals surface area contributed by atoms with E-state index in [2.05, 4.69) is 10.3 Å². The SMILES string of the molecule is NCC1CC(NC(=O)c2cc(=O)[nH]c3ccccc23)C1.